The molecule has 1 atom stereocenters. The van der Waals surface area contributed by atoms with Crippen LogP contribution < -0.4 is 5.73 Å². The highest BCUT2D eigenvalue weighted by atomic mass is 14.7. The quantitative estimate of drug-likeness (QED) is 0.525. The van der Waals surface area contributed by atoms with Crippen LogP contribution in [-0.2, 0) is 0 Å². The summed E-state index contributed by atoms with van der Waals surface area (Å²) in [4.78, 5) is 0. The van der Waals surface area contributed by atoms with Crippen molar-refractivity contribution in [1.29, 1.82) is 0 Å². The number of rotatable bonds is 0. The maximum Gasteiger partial charge on any atom is 0.00930 e. The van der Waals surface area contributed by atoms with E-state index in [-0.39, 0.29) is 0 Å². The highest BCUT2D eigenvalue weighted by molar-refractivity contribution is 4.91. The van der Waals surface area contributed by atoms with Gasteiger partial charge in [-0.05, 0) is 31.1 Å². The van der Waals surface area contributed by atoms with E-state index in [1.54, 1.807) is 0 Å². The Morgan fingerprint density at radius 1 is 1.56 bits per heavy atom. The van der Waals surface area contributed by atoms with E-state index < -0.39 is 0 Å². The molecule has 1 aliphatic carbocycles. The van der Waals surface area contributed by atoms with E-state index in [9.17, 15) is 0 Å². The minimum atomic E-state index is 0.384. The molecule has 0 spiro atoms. The Labute approximate surface area is 57.6 Å². The molecule has 53 valence electrons. The normalized spacial score (nSPS) is 34.3. The van der Waals surface area contributed by atoms with Gasteiger partial charge in [0.2, 0.25) is 0 Å². The highest BCUT2D eigenvalue weighted by Crippen LogP contribution is 2.33. The molecule has 9 heavy (non-hydrogen) atoms. The minimum absolute atomic E-state index is 0.384. The van der Waals surface area contributed by atoms with Gasteiger partial charge in [0.05, 0.1) is 0 Å². The van der Waals surface area contributed by atoms with E-state index in [4.69, 9.17) is 5.73 Å². The van der Waals surface area contributed by atoms with Crippen LogP contribution in [0.1, 0.15) is 33.1 Å². The van der Waals surface area contributed by atoms with Crippen LogP contribution in [0.25, 0.3) is 0 Å². The molecule has 0 aromatic heterocycles. The summed E-state index contributed by atoms with van der Waals surface area (Å²) >= 11 is 0. The standard InChI is InChI=1S/C8H16N/c1-8(2)6-4-3-5-7(8)9/h3,7H,4-6,9H2,1-2H3. The maximum atomic E-state index is 5.88. The summed E-state index contributed by atoms with van der Waals surface area (Å²) in [6.07, 6.45) is 5.91. The fourth-order valence-corrected chi connectivity index (χ4v) is 1.28. The van der Waals surface area contributed by atoms with Crippen LogP contribution >= 0.6 is 0 Å². The molecule has 0 amide bonds. The van der Waals surface area contributed by atoms with Crippen molar-refractivity contribution in [2.24, 2.45) is 11.1 Å². The Morgan fingerprint density at radius 2 is 2.22 bits per heavy atom. The third-order valence-corrected chi connectivity index (χ3v) is 2.42. The lowest BCUT2D eigenvalue weighted by Crippen LogP contribution is -2.39. The van der Waals surface area contributed by atoms with E-state index >= 15 is 0 Å². The van der Waals surface area contributed by atoms with Crippen molar-refractivity contribution < 1.29 is 0 Å². The van der Waals surface area contributed by atoms with Gasteiger partial charge in [0.1, 0.15) is 0 Å². The molecule has 1 fully saturated rings. The lowest BCUT2D eigenvalue weighted by molar-refractivity contribution is 0.231. The number of hydrogen-bond donors (Lipinski definition) is 1. The van der Waals surface area contributed by atoms with Gasteiger partial charge in [0.15, 0.2) is 0 Å². The van der Waals surface area contributed by atoms with Crippen molar-refractivity contribution in [3.05, 3.63) is 6.42 Å². The molecule has 1 heteroatoms. The lowest BCUT2D eigenvalue weighted by atomic mass is 9.74. The monoisotopic (exact) mass is 126 g/mol. The molecule has 2 N–H and O–H groups in total. The van der Waals surface area contributed by atoms with Gasteiger partial charge in [0.25, 0.3) is 0 Å². The summed E-state index contributed by atoms with van der Waals surface area (Å²) in [5.41, 5.74) is 6.26. The number of nitrogens with two attached hydrogens (primary N) is 1. The maximum absolute atomic E-state index is 5.88. The Kier molecular flexibility index (Phi) is 1.80. The zero-order chi connectivity index (χ0) is 6.91. The van der Waals surface area contributed by atoms with Gasteiger partial charge in [-0.1, -0.05) is 13.8 Å². The van der Waals surface area contributed by atoms with Crippen molar-refractivity contribution in [3.8, 4) is 0 Å². The van der Waals surface area contributed by atoms with Crippen LogP contribution in [0.2, 0.25) is 0 Å². The first kappa shape index (κ1) is 7.07. The first-order valence-corrected chi connectivity index (χ1v) is 3.70. The third-order valence-electron chi connectivity index (χ3n) is 2.42. The van der Waals surface area contributed by atoms with Crippen molar-refractivity contribution in [1.82, 2.24) is 0 Å². The summed E-state index contributed by atoms with van der Waals surface area (Å²) < 4.78 is 0. The van der Waals surface area contributed by atoms with E-state index in [0.717, 1.165) is 6.42 Å². The van der Waals surface area contributed by atoms with Gasteiger partial charge < -0.3 is 5.73 Å². The molecular formula is C8H16N. The largest absolute Gasteiger partial charge is 0.327 e. The summed E-state index contributed by atoms with van der Waals surface area (Å²) in [5.74, 6) is 0. The van der Waals surface area contributed by atoms with Gasteiger partial charge in [0, 0.05) is 6.04 Å². The minimum Gasteiger partial charge on any atom is -0.327 e. The summed E-state index contributed by atoms with van der Waals surface area (Å²) in [6.45, 7) is 4.51. The molecule has 0 aromatic rings. The average molecular weight is 126 g/mol. The van der Waals surface area contributed by atoms with Crippen molar-refractivity contribution >= 4 is 0 Å². The van der Waals surface area contributed by atoms with Crippen LogP contribution in [-0.4, -0.2) is 6.04 Å². The molecule has 1 nitrogen and oxygen atoms in total. The third kappa shape index (κ3) is 1.45. The van der Waals surface area contributed by atoms with E-state index in [2.05, 4.69) is 20.3 Å². The molecule has 1 radical (unpaired) electrons. The molecule has 1 saturated carbocycles. The first-order chi connectivity index (χ1) is 4.13. The van der Waals surface area contributed by atoms with Crippen LogP contribution in [0.4, 0.5) is 0 Å². The Bertz CT molecular complexity index is 96.7. The van der Waals surface area contributed by atoms with E-state index in [0.29, 0.717) is 11.5 Å². The van der Waals surface area contributed by atoms with Crippen LogP contribution in [0, 0.1) is 11.8 Å². The summed E-state index contributed by atoms with van der Waals surface area (Å²) in [6, 6.07) is 0.395. The Morgan fingerprint density at radius 3 is 2.56 bits per heavy atom. The SMILES string of the molecule is CC1(C)CC[CH]CC1N. The molecule has 1 rings (SSSR count). The van der Waals surface area contributed by atoms with Gasteiger partial charge in [-0.2, -0.15) is 0 Å². The average Bonchev–Trinajstić information content (AvgIpc) is 1.77. The van der Waals surface area contributed by atoms with Crippen LogP contribution in [0.5, 0.6) is 0 Å². The van der Waals surface area contributed by atoms with Crippen molar-refractivity contribution in [2.45, 2.75) is 39.2 Å². The molecule has 0 heterocycles. The summed E-state index contributed by atoms with van der Waals surface area (Å²) in [5, 5.41) is 0. The molecule has 1 unspecified atom stereocenters. The molecule has 0 aliphatic heterocycles. The number of hydrogen-bond acceptors (Lipinski definition) is 1. The van der Waals surface area contributed by atoms with Gasteiger partial charge in [-0.3, -0.25) is 0 Å². The highest BCUT2D eigenvalue weighted by Gasteiger charge is 2.28. The lowest BCUT2D eigenvalue weighted by Gasteiger charge is -2.35. The molecular weight excluding hydrogens is 110 g/mol. The second kappa shape index (κ2) is 2.30. The van der Waals surface area contributed by atoms with Gasteiger partial charge >= 0.3 is 0 Å². The second-order valence-electron chi connectivity index (χ2n) is 3.66. The van der Waals surface area contributed by atoms with Crippen molar-refractivity contribution in [2.75, 3.05) is 0 Å². The van der Waals surface area contributed by atoms with Crippen molar-refractivity contribution in [3.63, 3.8) is 0 Å². The van der Waals surface area contributed by atoms with Crippen LogP contribution in [0.15, 0.2) is 0 Å². The fourth-order valence-electron chi connectivity index (χ4n) is 1.28. The van der Waals surface area contributed by atoms with Crippen LogP contribution in [0.3, 0.4) is 0 Å². The van der Waals surface area contributed by atoms with Gasteiger partial charge in [-0.25, -0.2) is 0 Å². The topological polar surface area (TPSA) is 26.0 Å². The zero-order valence-electron chi connectivity index (χ0n) is 6.35. The second-order valence-corrected chi connectivity index (χ2v) is 3.66. The Hall–Kier alpha value is -0.0400. The fraction of sp³-hybridized carbons (Fsp3) is 0.875. The zero-order valence-corrected chi connectivity index (χ0v) is 6.35. The molecule has 0 bridgehead atoms. The predicted octanol–water partition coefficient (Wildman–Crippen LogP) is 1.73. The Balaban J connectivity index is 2.49. The van der Waals surface area contributed by atoms with E-state index in [1.165, 1.54) is 12.8 Å². The molecule has 1 aliphatic rings. The van der Waals surface area contributed by atoms with E-state index in [1.807, 2.05) is 0 Å². The molecule has 0 aromatic carbocycles. The smallest absolute Gasteiger partial charge is 0.00930 e. The first-order valence-electron chi connectivity index (χ1n) is 3.70. The molecule has 0 saturated heterocycles. The summed E-state index contributed by atoms with van der Waals surface area (Å²) in [7, 11) is 0. The predicted molar refractivity (Wildman–Crippen MR) is 39.9 cm³/mol. The van der Waals surface area contributed by atoms with Gasteiger partial charge in [-0.15, -0.1) is 0 Å².